The Hall–Kier alpha value is -2.31. The van der Waals surface area contributed by atoms with Gasteiger partial charge in [0.25, 0.3) is 0 Å². The predicted octanol–water partition coefficient (Wildman–Crippen LogP) is 1.66. The van der Waals surface area contributed by atoms with E-state index in [2.05, 4.69) is 15.5 Å². The van der Waals surface area contributed by atoms with E-state index < -0.39 is 11.4 Å². The zero-order valence-electron chi connectivity index (χ0n) is 11.4. The third-order valence-corrected chi connectivity index (χ3v) is 4.07. The summed E-state index contributed by atoms with van der Waals surface area (Å²) in [6.45, 7) is 0.264. The van der Waals surface area contributed by atoms with Crippen LogP contribution >= 0.6 is 0 Å². The highest BCUT2D eigenvalue weighted by atomic mass is 19.1. The van der Waals surface area contributed by atoms with Crippen LogP contribution in [0.25, 0.3) is 0 Å². The Labute approximate surface area is 120 Å². The summed E-state index contributed by atoms with van der Waals surface area (Å²) in [5, 5.41) is 20.8. The van der Waals surface area contributed by atoms with Crippen LogP contribution in [0.2, 0.25) is 0 Å². The molecule has 6 nitrogen and oxygen atoms in total. The molecule has 1 fully saturated rings. The molecule has 110 valence electrons. The SMILES string of the molecule is O=C(O)C1(Cn2nnnc2Cc2cccc(F)c2)CCC1. The molecule has 1 aromatic carbocycles. The first-order valence-corrected chi connectivity index (χ1v) is 6.82. The molecule has 21 heavy (non-hydrogen) atoms. The Balaban J connectivity index is 1.79. The molecule has 1 N–H and O–H groups in total. The molecule has 0 radical (unpaired) electrons. The number of aliphatic carboxylic acids is 1. The van der Waals surface area contributed by atoms with Gasteiger partial charge in [-0.1, -0.05) is 18.6 Å². The molecule has 0 saturated heterocycles. The summed E-state index contributed by atoms with van der Waals surface area (Å²) in [5.41, 5.74) is -0.00413. The zero-order valence-corrected chi connectivity index (χ0v) is 11.4. The van der Waals surface area contributed by atoms with Gasteiger partial charge in [0.05, 0.1) is 12.0 Å². The van der Waals surface area contributed by atoms with E-state index in [1.165, 1.54) is 16.8 Å². The van der Waals surface area contributed by atoms with Gasteiger partial charge in [0.1, 0.15) is 5.82 Å². The maximum absolute atomic E-state index is 13.2. The van der Waals surface area contributed by atoms with Crippen LogP contribution in [0.3, 0.4) is 0 Å². The lowest BCUT2D eigenvalue weighted by molar-refractivity contribution is -0.156. The minimum absolute atomic E-state index is 0.264. The van der Waals surface area contributed by atoms with Gasteiger partial charge in [-0.2, -0.15) is 0 Å². The van der Waals surface area contributed by atoms with Gasteiger partial charge in [-0.3, -0.25) is 4.79 Å². The quantitative estimate of drug-likeness (QED) is 0.905. The number of carboxylic acid groups (broad SMARTS) is 1. The molecule has 1 aromatic heterocycles. The van der Waals surface area contributed by atoms with Crippen LogP contribution in [-0.2, 0) is 17.8 Å². The van der Waals surface area contributed by atoms with E-state index in [0.29, 0.717) is 25.1 Å². The number of aromatic nitrogens is 4. The van der Waals surface area contributed by atoms with Gasteiger partial charge in [0, 0.05) is 6.42 Å². The molecule has 0 aliphatic heterocycles. The number of hydrogen-bond donors (Lipinski definition) is 1. The molecule has 0 amide bonds. The van der Waals surface area contributed by atoms with Crippen LogP contribution in [0.4, 0.5) is 4.39 Å². The highest BCUT2D eigenvalue weighted by molar-refractivity contribution is 5.75. The van der Waals surface area contributed by atoms with Crippen LogP contribution in [0.1, 0.15) is 30.7 Å². The second-order valence-electron chi connectivity index (χ2n) is 5.50. The van der Waals surface area contributed by atoms with Crippen molar-refractivity contribution in [1.82, 2.24) is 20.2 Å². The molecular weight excluding hydrogens is 275 g/mol. The number of carbonyl (C=O) groups is 1. The topological polar surface area (TPSA) is 80.9 Å². The Kier molecular flexibility index (Phi) is 3.40. The van der Waals surface area contributed by atoms with E-state index in [-0.39, 0.29) is 12.4 Å². The lowest BCUT2D eigenvalue weighted by atomic mass is 9.69. The van der Waals surface area contributed by atoms with Gasteiger partial charge in [-0.15, -0.1) is 5.10 Å². The summed E-state index contributed by atoms with van der Waals surface area (Å²) in [7, 11) is 0. The van der Waals surface area contributed by atoms with Crippen molar-refractivity contribution in [3.05, 3.63) is 41.5 Å². The van der Waals surface area contributed by atoms with Gasteiger partial charge < -0.3 is 5.11 Å². The Morgan fingerprint density at radius 2 is 2.24 bits per heavy atom. The van der Waals surface area contributed by atoms with Crippen LogP contribution in [0.15, 0.2) is 24.3 Å². The number of rotatable bonds is 5. The summed E-state index contributed by atoms with van der Waals surface area (Å²) in [4.78, 5) is 11.4. The van der Waals surface area contributed by atoms with E-state index in [9.17, 15) is 14.3 Å². The van der Waals surface area contributed by atoms with Gasteiger partial charge in [-0.25, -0.2) is 9.07 Å². The van der Waals surface area contributed by atoms with Crippen LogP contribution in [0, 0.1) is 11.2 Å². The van der Waals surface area contributed by atoms with Crippen molar-refractivity contribution in [1.29, 1.82) is 0 Å². The summed E-state index contributed by atoms with van der Waals surface area (Å²) in [6.07, 6.45) is 2.57. The van der Waals surface area contributed by atoms with Gasteiger partial charge >= 0.3 is 5.97 Å². The number of nitrogens with zero attached hydrogens (tertiary/aromatic N) is 4. The maximum Gasteiger partial charge on any atom is 0.311 e. The monoisotopic (exact) mass is 290 g/mol. The van der Waals surface area contributed by atoms with Crippen molar-refractivity contribution in [2.45, 2.75) is 32.2 Å². The average molecular weight is 290 g/mol. The number of hydrogen-bond acceptors (Lipinski definition) is 4. The highest BCUT2D eigenvalue weighted by Crippen LogP contribution is 2.42. The first-order valence-electron chi connectivity index (χ1n) is 6.82. The Morgan fingerprint density at radius 3 is 2.86 bits per heavy atom. The van der Waals surface area contributed by atoms with Crippen LogP contribution in [-0.4, -0.2) is 31.3 Å². The summed E-state index contributed by atoms with van der Waals surface area (Å²) >= 11 is 0. The molecule has 0 atom stereocenters. The third kappa shape index (κ3) is 2.63. The molecule has 1 saturated carbocycles. The second-order valence-corrected chi connectivity index (χ2v) is 5.50. The van der Waals surface area contributed by atoms with Gasteiger partial charge in [0.15, 0.2) is 5.82 Å². The predicted molar refractivity (Wildman–Crippen MR) is 70.9 cm³/mol. The lowest BCUT2D eigenvalue weighted by Crippen LogP contribution is -2.42. The molecule has 2 aromatic rings. The molecule has 1 heterocycles. The normalized spacial score (nSPS) is 16.4. The fourth-order valence-electron chi connectivity index (χ4n) is 2.63. The standard InChI is InChI=1S/C14H15FN4O2/c15-11-4-1-3-10(7-11)8-12-16-17-18-19(12)9-14(13(20)21)5-2-6-14/h1,3-4,7H,2,5-6,8-9H2,(H,20,21). The number of benzene rings is 1. The molecule has 0 bridgehead atoms. The highest BCUT2D eigenvalue weighted by Gasteiger charge is 2.45. The number of carboxylic acids is 1. The lowest BCUT2D eigenvalue weighted by Gasteiger charge is -2.37. The molecule has 0 unspecified atom stereocenters. The number of halogens is 1. The Morgan fingerprint density at radius 1 is 1.43 bits per heavy atom. The van der Waals surface area contributed by atoms with Crippen molar-refractivity contribution >= 4 is 5.97 Å². The summed E-state index contributed by atoms with van der Waals surface area (Å²) in [6, 6.07) is 6.22. The van der Waals surface area contributed by atoms with Crippen molar-refractivity contribution in [3.8, 4) is 0 Å². The van der Waals surface area contributed by atoms with Crippen molar-refractivity contribution in [3.63, 3.8) is 0 Å². The number of tetrazole rings is 1. The molecule has 3 rings (SSSR count). The maximum atomic E-state index is 13.2. The fraction of sp³-hybridized carbons (Fsp3) is 0.429. The largest absolute Gasteiger partial charge is 0.481 e. The average Bonchev–Trinajstić information content (AvgIpc) is 2.80. The molecule has 1 aliphatic rings. The van der Waals surface area contributed by atoms with Crippen LogP contribution < -0.4 is 0 Å². The van der Waals surface area contributed by atoms with Crippen LogP contribution in [0.5, 0.6) is 0 Å². The molecule has 7 heteroatoms. The van der Waals surface area contributed by atoms with Gasteiger partial charge in [0.2, 0.25) is 0 Å². The molecule has 1 aliphatic carbocycles. The van der Waals surface area contributed by atoms with E-state index in [0.717, 1.165) is 12.0 Å². The van der Waals surface area contributed by atoms with Crippen molar-refractivity contribution in [2.24, 2.45) is 5.41 Å². The minimum atomic E-state index is -0.805. The minimum Gasteiger partial charge on any atom is -0.481 e. The smallest absolute Gasteiger partial charge is 0.311 e. The van der Waals surface area contributed by atoms with Gasteiger partial charge in [-0.05, 0) is 41.0 Å². The Bertz CT molecular complexity index is 666. The van der Waals surface area contributed by atoms with Crippen molar-refractivity contribution < 1.29 is 14.3 Å². The van der Waals surface area contributed by atoms with Crippen molar-refractivity contribution in [2.75, 3.05) is 0 Å². The summed E-state index contributed by atoms with van der Waals surface area (Å²) < 4.78 is 14.7. The molecular formula is C14H15FN4O2. The molecule has 0 spiro atoms. The fourth-order valence-corrected chi connectivity index (χ4v) is 2.63. The first kappa shape index (κ1) is 13.7. The third-order valence-electron chi connectivity index (χ3n) is 4.07. The zero-order chi connectivity index (χ0) is 14.9. The second kappa shape index (κ2) is 5.23. The van der Waals surface area contributed by atoms with E-state index in [1.807, 2.05) is 0 Å². The first-order chi connectivity index (χ1) is 10.1. The summed E-state index contributed by atoms with van der Waals surface area (Å²) in [5.74, 6) is -0.568. The van der Waals surface area contributed by atoms with E-state index >= 15 is 0 Å². The van der Waals surface area contributed by atoms with E-state index in [4.69, 9.17) is 0 Å². The van der Waals surface area contributed by atoms with E-state index in [1.54, 1.807) is 12.1 Å².